The molecule has 3 aromatic rings. The first-order valence-electron chi connectivity index (χ1n) is 9.02. The molecule has 3 heterocycles. The first-order chi connectivity index (χ1) is 12.8. The Morgan fingerprint density at radius 3 is 3.04 bits per heavy atom. The molecule has 7 heteroatoms. The van der Waals surface area contributed by atoms with E-state index in [2.05, 4.69) is 56.5 Å². The van der Waals surface area contributed by atoms with Crippen LogP contribution >= 0.6 is 0 Å². The molecular weight excluding hydrogens is 328 g/mol. The van der Waals surface area contributed by atoms with E-state index in [-0.39, 0.29) is 0 Å². The van der Waals surface area contributed by atoms with Gasteiger partial charge in [-0.05, 0) is 25.0 Å². The number of aromatic nitrogens is 4. The third-order valence-corrected chi connectivity index (χ3v) is 4.91. The molecule has 7 nitrogen and oxygen atoms in total. The summed E-state index contributed by atoms with van der Waals surface area (Å²) in [4.78, 5) is 11.1. The highest BCUT2D eigenvalue weighted by Gasteiger charge is 2.23. The average molecular weight is 352 g/mol. The van der Waals surface area contributed by atoms with E-state index in [4.69, 9.17) is 4.74 Å². The van der Waals surface area contributed by atoms with Crippen molar-refractivity contribution in [2.24, 2.45) is 0 Å². The fourth-order valence-electron chi connectivity index (χ4n) is 3.50. The molecule has 1 aromatic carbocycles. The summed E-state index contributed by atoms with van der Waals surface area (Å²) in [6, 6.07) is 9.02. The van der Waals surface area contributed by atoms with Crippen LogP contribution in [0, 0.1) is 0 Å². The van der Waals surface area contributed by atoms with E-state index in [1.807, 2.05) is 10.9 Å². The molecule has 0 bridgehead atoms. The third-order valence-electron chi connectivity index (χ3n) is 4.91. The van der Waals surface area contributed by atoms with Crippen molar-refractivity contribution in [2.75, 3.05) is 37.0 Å². The van der Waals surface area contributed by atoms with Crippen LogP contribution in [0.15, 0.2) is 36.8 Å². The Kier molecular flexibility index (Phi) is 4.71. The lowest BCUT2D eigenvalue weighted by Gasteiger charge is -2.27. The molecule has 0 radical (unpaired) electrons. The maximum Gasteiger partial charge on any atom is 0.186 e. The Morgan fingerprint density at radius 2 is 2.15 bits per heavy atom. The topological polar surface area (TPSA) is 68.1 Å². The molecular formula is C19H24N6O. The number of anilines is 2. The minimum atomic E-state index is 0.368. The predicted octanol–water partition coefficient (Wildman–Crippen LogP) is 2.34. The molecule has 1 atom stereocenters. The maximum atomic E-state index is 5.12. The van der Waals surface area contributed by atoms with Crippen LogP contribution in [0.1, 0.15) is 12.5 Å². The summed E-state index contributed by atoms with van der Waals surface area (Å²) in [6.45, 7) is 5.44. The quantitative estimate of drug-likeness (QED) is 0.704. The van der Waals surface area contributed by atoms with Gasteiger partial charge in [0.1, 0.15) is 12.1 Å². The Morgan fingerprint density at radius 1 is 1.27 bits per heavy atom. The summed E-state index contributed by atoms with van der Waals surface area (Å²) in [5, 5.41) is 8.91. The molecule has 26 heavy (non-hydrogen) atoms. The van der Waals surface area contributed by atoms with Crippen LogP contribution in [0.25, 0.3) is 11.0 Å². The van der Waals surface area contributed by atoms with Gasteiger partial charge in [-0.2, -0.15) is 5.10 Å². The summed E-state index contributed by atoms with van der Waals surface area (Å²) in [5.41, 5.74) is 3.49. The highest BCUT2D eigenvalue weighted by molar-refractivity contribution is 5.85. The summed E-state index contributed by atoms with van der Waals surface area (Å²) >= 11 is 0. The Bertz CT molecular complexity index is 893. The molecule has 1 unspecified atom stereocenters. The average Bonchev–Trinajstić information content (AvgIpc) is 3.28. The van der Waals surface area contributed by atoms with Gasteiger partial charge in [0.25, 0.3) is 0 Å². The van der Waals surface area contributed by atoms with Crippen molar-refractivity contribution < 1.29 is 4.74 Å². The van der Waals surface area contributed by atoms with Crippen LogP contribution in [-0.2, 0) is 17.7 Å². The lowest BCUT2D eigenvalue weighted by molar-refractivity contribution is 0.184. The van der Waals surface area contributed by atoms with Gasteiger partial charge in [0, 0.05) is 38.1 Å². The van der Waals surface area contributed by atoms with Gasteiger partial charge in [0.05, 0.1) is 18.5 Å². The van der Waals surface area contributed by atoms with Crippen LogP contribution in [0.2, 0.25) is 0 Å². The second kappa shape index (κ2) is 7.29. The van der Waals surface area contributed by atoms with Gasteiger partial charge in [-0.1, -0.05) is 18.2 Å². The van der Waals surface area contributed by atoms with Gasteiger partial charge in [-0.25, -0.2) is 9.97 Å². The molecule has 0 amide bonds. The molecule has 0 fully saturated rings. The number of para-hydroxylation sites is 1. The summed E-state index contributed by atoms with van der Waals surface area (Å²) < 4.78 is 6.97. The number of nitrogens with zero attached hydrogens (tertiary/aromatic N) is 5. The lowest BCUT2D eigenvalue weighted by Crippen LogP contribution is -2.36. The van der Waals surface area contributed by atoms with E-state index in [1.54, 1.807) is 13.4 Å². The molecule has 0 spiro atoms. The van der Waals surface area contributed by atoms with Crippen LogP contribution in [0.3, 0.4) is 0 Å². The van der Waals surface area contributed by atoms with Crippen molar-refractivity contribution in [3.8, 4) is 0 Å². The second-order valence-corrected chi connectivity index (χ2v) is 6.65. The van der Waals surface area contributed by atoms with E-state index in [1.165, 1.54) is 11.3 Å². The van der Waals surface area contributed by atoms with E-state index >= 15 is 0 Å². The minimum absolute atomic E-state index is 0.368. The van der Waals surface area contributed by atoms with Gasteiger partial charge in [0.2, 0.25) is 0 Å². The molecule has 2 aromatic heterocycles. The zero-order valence-electron chi connectivity index (χ0n) is 15.2. The van der Waals surface area contributed by atoms with Crippen molar-refractivity contribution in [2.45, 2.75) is 25.9 Å². The highest BCUT2D eigenvalue weighted by atomic mass is 16.5. The Hall–Kier alpha value is -2.67. The number of nitrogens with one attached hydrogen (secondary N) is 1. The summed E-state index contributed by atoms with van der Waals surface area (Å²) in [5.74, 6) is 0.831. The predicted molar refractivity (Wildman–Crippen MR) is 103 cm³/mol. The monoisotopic (exact) mass is 352 g/mol. The zero-order valence-corrected chi connectivity index (χ0v) is 15.2. The normalized spacial score (nSPS) is 14.6. The molecule has 0 saturated heterocycles. The van der Waals surface area contributed by atoms with E-state index in [0.717, 1.165) is 30.7 Å². The van der Waals surface area contributed by atoms with Crippen LogP contribution in [0.5, 0.6) is 0 Å². The third kappa shape index (κ3) is 3.22. The van der Waals surface area contributed by atoms with E-state index in [0.29, 0.717) is 24.8 Å². The van der Waals surface area contributed by atoms with E-state index in [9.17, 15) is 0 Å². The molecule has 136 valence electrons. The number of rotatable bonds is 7. The smallest absolute Gasteiger partial charge is 0.186 e. The van der Waals surface area contributed by atoms with Gasteiger partial charge in [0.15, 0.2) is 5.65 Å². The van der Waals surface area contributed by atoms with Gasteiger partial charge >= 0.3 is 0 Å². The number of methoxy groups -OCH3 is 1. The minimum Gasteiger partial charge on any atom is -0.383 e. The molecule has 1 aliphatic heterocycles. The Labute approximate surface area is 153 Å². The second-order valence-electron chi connectivity index (χ2n) is 6.65. The highest BCUT2D eigenvalue weighted by Crippen LogP contribution is 2.29. The largest absolute Gasteiger partial charge is 0.383 e. The van der Waals surface area contributed by atoms with Crippen molar-refractivity contribution >= 4 is 22.5 Å². The van der Waals surface area contributed by atoms with Crippen molar-refractivity contribution in [3.05, 3.63) is 42.4 Å². The summed E-state index contributed by atoms with van der Waals surface area (Å²) in [6.07, 6.45) is 4.66. The number of hydrogen-bond acceptors (Lipinski definition) is 6. The number of fused-ring (bicyclic) bond motifs is 2. The van der Waals surface area contributed by atoms with E-state index < -0.39 is 0 Å². The first kappa shape index (κ1) is 16.8. The number of ether oxygens (including phenoxy) is 1. The van der Waals surface area contributed by atoms with Crippen molar-refractivity contribution in [1.29, 1.82) is 0 Å². The maximum absolute atomic E-state index is 5.12. The van der Waals surface area contributed by atoms with Gasteiger partial charge in [-0.3, -0.25) is 4.68 Å². The van der Waals surface area contributed by atoms with Crippen molar-refractivity contribution in [1.82, 2.24) is 19.7 Å². The molecule has 0 saturated carbocycles. The number of hydrogen-bond donors (Lipinski definition) is 1. The molecule has 1 N–H and O–H groups in total. The van der Waals surface area contributed by atoms with Gasteiger partial charge in [-0.15, -0.1) is 0 Å². The first-order valence-corrected chi connectivity index (χ1v) is 9.02. The van der Waals surface area contributed by atoms with Crippen LogP contribution in [-0.4, -0.2) is 52.6 Å². The molecule has 0 aliphatic carbocycles. The van der Waals surface area contributed by atoms with Crippen molar-refractivity contribution in [3.63, 3.8) is 0 Å². The van der Waals surface area contributed by atoms with Gasteiger partial charge < -0.3 is 15.0 Å². The number of benzene rings is 1. The van der Waals surface area contributed by atoms with Crippen LogP contribution < -0.4 is 10.2 Å². The fraction of sp³-hybridized carbons (Fsp3) is 0.421. The standard InChI is InChI=1S/C19H24N6O/c1-14(25-8-7-15-5-3-4-6-17(15)25)11-20-18-16-12-24(9-10-26-2)23-19(16)22-13-21-18/h3-6,12-14H,7-11H2,1-2H3,(H,20,21,22,23). The molecule has 1 aliphatic rings. The summed E-state index contributed by atoms with van der Waals surface area (Å²) in [7, 11) is 1.69. The van der Waals surface area contributed by atoms with Crippen LogP contribution in [0.4, 0.5) is 11.5 Å². The Balaban J connectivity index is 1.47. The SMILES string of the molecule is COCCn1cc2c(NCC(C)N3CCc4ccccc43)ncnc2n1. The zero-order chi connectivity index (χ0) is 17.9. The lowest BCUT2D eigenvalue weighted by atomic mass is 10.2. The fourth-order valence-corrected chi connectivity index (χ4v) is 3.50. The molecule has 4 rings (SSSR count).